The minimum atomic E-state index is 0.512. The van der Waals surface area contributed by atoms with Gasteiger partial charge in [-0.15, -0.1) is 21.5 Å². The van der Waals surface area contributed by atoms with Crippen molar-refractivity contribution >= 4 is 17.3 Å². The summed E-state index contributed by atoms with van der Waals surface area (Å²) in [4.78, 5) is 9.94. The Kier molecular flexibility index (Phi) is 6.84. The van der Waals surface area contributed by atoms with Gasteiger partial charge in [0.25, 0.3) is 0 Å². The Morgan fingerprint density at radius 2 is 2.15 bits per heavy atom. The van der Waals surface area contributed by atoms with Crippen molar-refractivity contribution in [3.8, 4) is 0 Å². The Morgan fingerprint density at radius 1 is 1.30 bits per heavy atom. The van der Waals surface area contributed by atoms with Crippen molar-refractivity contribution in [2.24, 2.45) is 12.0 Å². The Balaban J connectivity index is 1.63. The second-order valence-corrected chi connectivity index (χ2v) is 8.43. The minimum Gasteiger partial charge on any atom is -0.355 e. The fraction of sp³-hybridized carbons (Fsp3) is 0.632. The summed E-state index contributed by atoms with van der Waals surface area (Å²) in [5.74, 6) is 2.61. The van der Waals surface area contributed by atoms with Crippen molar-refractivity contribution in [3.63, 3.8) is 0 Å². The maximum absolute atomic E-state index is 4.76. The van der Waals surface area contributed by atoms with E-state index in [2.05, 4.69) is 51.7 Å². The molecule has 1 saturated heterocycles. The van der Waals surface area contributed by atoms with Crippen LogP contribution in [0.25, 0.3) is 0 Å². The maximum Gasteiger partial charge on any atom is 0.192 e. The predicted octanol–water partition coefficient (Wildman–Crippen LogP) is 2.21. The van der Waals surface area contributed by atoms with Crippen LogP contribution in [0.15, 0.2) is 17.1 Å². The summed E-state index contributed by atoms with van der Waals surface area (Å²) in [5.41, 5.74) is 0. The number of aryl methyl sites for hydroxylation is 2. The molecule has 2 N–H and O–H groups in total. The monoisotopic (exact) mass is 389 g/mol. The highest BCUT2D eigenvalue weighted by atomic mass is 32.1. The number of aromatic nitrogens is 3. The molecule has 1 aliphatic heterocycles. The number of hydrogen-bond acceptors (Lipinski definition) is 5. The highest BCUT2D eigenvalue weighted by molar-refractivity contribution is 7.11. The molecule has 0 spiro atoms. The molecule has 1 unspecified atom stereocenters. The first kappa shape index (κ1) is 19.8. The van der Waals surface area contributed by atoms with Crippen LogP contribution < -0.4 is 10.6 Å². The van der Waals surface area contributed by atoms with E-state index in [1.54, 1.807) is 0 Å². The van der Waals surface area contributed by atoms with Crippen molar-refractivity contribution < 1.29 is 0 Å². The lowest BCUT2D eigenvalue weighted by atomic mass is 10.2. The van der Waals surface area contributed by atoms with Gasteiger partial charge in [-0.05, 0) is 51.9 Å². The minimum absolute atomic E-state index is 0.512. The number of nitrogens with one attached hydrogen (secondary N) is 2. The smallest absolute Gasteiger partial charge is 0.192 e. The molecule has 1 atom stereocenters. The molecule has 0 aromatic carbocycles. The summed E-state index contributed by atoms with van der Waals surface area (Å²) >= 11 is 1.82. The third-order valence-electron chi connectivity index (χ3n) is 5.20. The SMILES string of the molecule is CCN1CCCC1CNC(=NCc1nnc(C)n1C)NCc1ccc(C)s1. The first-order valence-corrected chi connectivity index (χ1v) is 10.5. The molecule has 2 aromatic rings. The lowest BCUT2D eigenvalue weighted by Crippen LogP contribution is -2.44. The van der Waals surface area contributed by atoms with Crippen LogP contribution in [0, 0.1) is 13.8 Å². The number of aliphatic imine (C=N–C) groups is 1. The molecule has 0 amide bonds. The molecule has 0 radical (unpaired) electrons. The van der Waals surface area contributed by atoms with E-state index in [1.807, 2.05) is 29.9 Å². The van der Waals surface area contributed by atoms with Gasteiger partial charge < -0.3 is 15.2 Å². The summed E-state index contributed by atoms with van der Waals surface area (Å²) in [6.07, 6.45) is 2.54. The number of nitrogens with zero attached hydrogens (tertiary/aromatic N) is 5. The first-order chi connectivity index (χ1) is 13.1. The number of likely N-dealkylation sites (tertiary alicyclic amines) is 1. The summed E-state index contributed by atoms with van der Waals surface area (Å²) in [5, 5.41) is 15.4. The fourth-order valence-electron chi connectivity index (χ4n) is 3.42. The maximum atomic E-state index is 4.76. The van der Waals surface area contributed by atoms with Crippen molar-refractivity contribution in [1.82, 2.24) is 30.3 Å². The van der Waals surface area contributed by atoms with E-state index in [9.17, 15) is 0 Å². The lowest BCUT2D eigenvalue weighted by molar-refractivity contribution is 0.267. The molecule has 0 aliphatic carbocycles. The second-order valence-electron chi connectivity index (χ2n) is 7.06. The number of rotatable bonds is 7. The van der Waals surface area contributed by atoms with E-state index >= 15 is 0 Å². The molecule has 0 saturated carbocycles. The Hall–Kier alpha value is -1.93. The third-order valence-corrected chi connectivity index (χ3v) is 6.20. The van der Waals surface area contributed by atoms with Crippen LogP contribution in [-0.4, -0.2) is 51.3 Å². The van der Waals surface area contributed by atoms with E-state index in [-0.39, 0.29) is 0 Å². The zero-order chi connectivity index (χ0) is 19.2. The highest BCUT2D eigenvalue weighted by Gasteiger charge is 2.22. The molecule has 0 bridgehead atoms. The van der Waals surface area contributed by atoms with E-state index in [0.29, 0.717) is 12.6 Å². The van der Waals surface area contributed by atoms with Crippen molar-refractivity contribution in [2.45, 2.75) is 52.7 Å². The third kappa shape index (κ3) is 5.29. The van der Waals surface area contributed by atoms with E-state index in [4.69, 9.17) is 4.99 Å². The molecule has 3 rings (SSSR count). The van der Waals surface area contributed by atoms with Gasteiger partial charge in [0.1, 0.15) is 12.4 Å². The quantitative estimate of drug-likeness (QED) is 0.561. The molecule has 7 nitrogen and oxygen atoms in total. The molecule has 1 aliphatic rings. The van der Waals surface area contributed by atoms with Gasteiger partial charge >= 0.3 is 0 Å². The largest absolute Gasteiger partial charge is 0.355 e. The predicted molar refractivity (Wildman–Crippen MR) is 111 cm³/mol. The van der Waals surface area contributed by atoms with Crippen LogP contribution in [0.4, 0.5) is 0 Å². The van der Waals surface area contributed by atoms with Gasteiger partial charge in [-0.1, -0.05) is 6.92 Å². The number of hydrogen-bond donors (Lipinski definition) is 2. The standard InChI is InChI=1S/C19H31N7S/c1-5-26-10-6-7-16(26)11-20-19(21-12-17-9-8-14(2)27-17)22-13-18-24-23-15(3)25(18)4/h8-9,16H,5-7,10-13H2,1-4H3,(H2,20,21,22). The Morgan fingerprint density at radius 3 is 2.81 bits per heavy atom. The molecule has 148 valence electrons. The molecule has 1 fully saturated rings. The highest BCUT2D eigenvalue weighted by Crippen LogP contribution is 2.16. The number of guanidine groups is 1. The topological polar surface area (TPSA) is 70.4 Å². The van der Waals surface area contributed by atoms with E-state index in [1.165, 1.54) is 29.1 Å². The van der Waals surface area contributed by atoms with Gasteiger partial charge in [0.2, 0.25) is 0 Å². The van der Waals surface area contributed by atoms with E-state index < -0.39 is 0 Å². The summed E-state index contributed by atoms with van der Waals surface area (Å²) in [6, 6.07) is 4.92. The van der Waals surface area contributed by atoms with Crippen molar-refractivity contribution in [1.29, 1.82) is 0 Å². The Bertz CT molecular complexity index is 764. The lowest BCUT2D eigenvalue weighted by Gasteiger charge is -2.24. The second kappa shape index (κ2) is 9.32. The average molecular weight is 390 g/mol. The Labute approximate surface area is 165 Å². The summed E-state index contributed by atoms with van der Waals surface area (Å²) < 4.78 is 1.99. The molecular formula is C19H31N7S. The average Bonchev–Trinajstić information content (AvgIpc) is 3.37. The van der Waals surface area contributed by atoms with Crippen LogP contribution in [0.3, 0.4) is 0 Å². The van der Waals surface area contributed by atoms with E-state index in [0.717, 1.165) is 37.2 Å². The molecular weight excluding hydrogens is 358 g/mol. The molecule has 2 aromatic heterocycles. The zero-order valence-corrected chi connectivity index (χ0v) is 17.6. The molecule has 8 heteroatoms. The zero-order valence-electron chi connectivity index (χ0n) is 16.8. The van der Waals surface area contributed by atoms with Gasteiger partial charge in [-0.25, -0.2) is 4.99 Å². The first-order valence-electron chi connectivity index (χ1n) is 9.73. The van der Waals surface area contributed by atoms with Crippen LogP contribution >= 0.6 is 11.3 Å². The number of likely N-dealkylation sites (N-methyl/N-ethyl adjacent to an activating group) is 1. The fourth-order valence-corrected chi connectivity index (χ4v) is 4.25. The molecule has 27 heavy (non-hydrogen) atoms. The van der Waals surface area contributed by atoms with Crippen LogP contribution in [0.5, 0.6) is 0 Å². The van der Waals surface area contributed by atoms with Gasteiger partial charge in [-0.2, -0.15) is 0 Å². The normalized spacial score (nSPS) is 18.2. The van der Waals surface area contributed by atoms with Gasteiger partial charge in [0.15, 0.2) is 11.8 Å². The molecule has 3 heterocycles. The van der Waals surface area contributed by atoms with Gasteiger partial charge in [0, 0.05) is 29.4 Å². The van der Waals surface area contributed by atoms with Gasteiger partial charge in [-0.3, -0.25) is 4.90 Å². The van der Waals surface area contributed by atoms with Crippen molar-refractivity contribution in [2.75, 3.05) is 19.6 Å². The van der Waals surface area contributed by atoms with Crippen LogP contribution in [-0.2, 0) is 20.1 Å². The van der Waals surface area contributed by atoms with Crippen LogP contribution in [0.2, 0.25) is 0 Å². The summed E-state index contributed by atoms with van der Waals surface area (Å²) in [7, 11) is 1.98. The summed E-state index contributed by atoms with van der Waals surface area (Å²) in [6.45, 7) is 10.9. The van der Waals surface area contributed by atoms with Crippen molar-refractivity contribution in [3.05, 3.63) is 33.5 Å². The van der Waals surface area contributed by atoms with Gasteiger partial charge in [0.05, 0.1) is 6.54 Å². The van der Waals surface area contributed by atoms with Crippen LogP contribution in [0.1, 0.15) is 41.2 Å². The number of thiophene rings is 1.